The zero-order valence-electron chi connectivity index (χ0n) is 11.1. The van der Waals surface area contributed by atoms with E-state index in [1.54, 1.807) is 12.1 Å². The number of nitrogens with zero attached hydrogens (tertiary/aromatic N) is 3. The molecule has 0 saturated heterocycles. The van der Waals surface area contributed by atoms with Gasteiger partial charge in [-0.15, -0.1) is 0 Å². The molecule has 104 valence electrons. The summed E-state index contributed by atoms with van der Waals surface area (Å²) in [5, 5.41) is 0.396. The molecule has 0 radical (unpaired) electrons. The molecule has 1 aliphatic rings. The van der Waals surface area contributed by atoms with Gasteiger partial charge in [0.15, 0.2) is 5.96 Å². The van der Waals surface area contributed by atoms with Gasteiger partial charge in [-0.05, 0) is 26.2 Å². The Morgan fingerprint density at radius 3 is 2.89 bits per heavy atom. The lowest BCUT2D eigenvalue weighted by atomic mass is 10.1. The first-order valence-corrected chi connectivity index (χ1v) is 6.53. The van der Waals surface area contributed by atoms with Crippen molar-refractivity contribution in [2.75, 3.05) is 33.7 Å². The Hall–Kier alpha value is -1.33. The molecule has 0 amide bonds. The van der Waals surface area contributed by atoms with E-state index in [2.05, 4.69) is 9.89 Å². The maximum Gasteiger partial charge on any atom is 0.191 e. The summed E-state index contributed by atoms with van der Waals surface area (Å²) in [5.74, 6) is 0.165. The minimum atomic E-state index is -0.308. The predicted molar refractivity (Wildman–Crippen MR) is 75.9 cm³/mol. The fourth-order valence-corrected chi connectivity index (χ4v) is 2.30. The number of aliphatic imine (C=N–C) groups is 1. The highest BCUT2D eigenvalue weighted by Crippen LogP contribution is 2.28. The van der Waals surface area contributed by atoms with Crippen molar-refractivity contribution in [2.24, 2.45) is 10.7 Å². The van der Waals surface area contributed by atoms with Crippen LogP contribution < -0.4 is 5.73 Å². The molecule has 6 heteroatoms. The van der Waals surface area contributed by atoms with E-state index in [4.69, 9.17) is 17.3 Å². The predicted octanol–water partition coefficient (Wildman–Crippen LogP) is 1.71. The minimum absolute atomic E-state index is 0.141. The third-order valence-electron chi connectivity index (χ3n) is 3.21. The van der Waals surface area contributed by atoms with E-state index in [0.717, 1.165) is 13.1 Å². The molecule has 1 unspecified atom stereocenters. The van der Waals surface area contributed by atoms with Crippen molar-refractivity contribution in [1.29, 1.82) is 0 Å². The van der Waals surface area contributed by atoms with Gasteiger partial charge in [-0.1, -0.05) is 17.7 Å². The topological polar surface area (TPSA) is 44.9 Å². The molecule has 0 fully saturated rings. The summed E-state index contributed by atoms with van der Waals surface area (Å²) in [6.07, 6.45) is 0. The fourth-order valence-electron chi connectivity index (χ4n) is 2.15. The lowest BCUT2D eigenvalue weighted by Gasteiger charge is -2.28. The van der Waals surface area contributed by atoms with Gasteiger partial charge in [0.25, 0.3) is 0 Å². The van der Waals surface area contributed by atoms with Crippen LogP contribution in [0.4, 0.5) is 4.39 Å². The summed E-state index contributed by atoms with van der Waals surface area (Å²) in [6.45, 7) is 2.04. The highest BCUT2D eigenvalue weighted by molar-refractivity contribution is 6.30. The van der Waals surface area contributed by atoms with Gasteiger partial charge < -0.3 is 15.5 Å². The van der Waals surface area contributed by atoms with Crippen molar-refractivity contribution in [1.82, 2.24) is 9.80 Å². The number of benzene rings is 1. The van der Waals surface area contributed by atoms with E-state index in [-0.39, 0.29) is 11.9 Å². The molecule has 0 saturated carbocycles. The molecule has 0 spiro atoms. The van der Waals surface area contributed by atoms with E-state index in [9.17, 15) is 4.39 Å². The first-order valence-electron chi connectivity index (χ1n) is 6.15. The number of halogens is 2. The smallest absolute Gasteiger partial charge is 0.191 e. The Kier molecular flexibility index (Phi) is 4.27. The minimum Gasteiger partial charge on any atom is -0.370 e. The highest BCUT2D eigenvalue weighted by atomic mass is 35.5. The molecule has 1 aromatic carbocycles. The molecular formula is C13H18ClFN4. The summed E-state index contributed by atoms with van der Waals surface area (Å²) in [7, 11) is 3.97. The van der Waals surface area contributed by atoms with E-state index in [1.165, 1.54) is 6.07 Å². The third kappa shape index (κ3) is 3.16. The Bertz CT molecular complexity index is 490. The van der Waals surface area contributed by atoms with Crippen LogP contribution in [0.5, 0.6) is 0 Å². The summed E-state index contributed by atoms with van der Waals surface area (Å²) in [5.41, 5.74) is 6.47. The van der Waals surface area contributed by atoms with Crippen LogP contribution in [0.2, 0.25) is 5.02 Å². The first-order chi connectivity index (χ1) is 8.99. The van der Waals surface area contributed by atoms with Crippen LogP contribution in [0.15, 0.2) is 23.2 Å². The van der Waals surface area contributed by atoms with Crippen LogP contribution in [0, 0.1) is 5.82 Å². The average molecular weight is 285 g/mol. The number of nitrogens with two attached hydrogens (primary N) is 1. The molecule has 4 nitrogen and oxygen atoms in total. The maximum atomic E-state index is 14.0. The van der Waals surface area contributed by atoms with Crippen molar-refractivity contribution in [3.05, 3.63) is 34.6 Å². The van der Waals surface area contributed by atoms with Crippen molar-refractivity contribution >= 4 is 17.6 Å². The number of rotatable bonds is 4. The zero-order chi connectivity index (χ0) is 14.0. The lowest BCUT2D eigenvalue weighted by molar-refractivity contribution is 0.289. The molecule has 0 aromatic heterocycles. The van der Waals surface area contributed by atoms with Crippen LogP contribution >= 0.6 is 11.6 Å². The van der Waals surface area contributed by atoms with E-state index >= 15 is 0 Å². The Morgan fingerprint density at radius 2 is 2.26 bits per heavy atom. The molecule has 1 heterocycles. The van der Waals surface area contributed by atoms with Gasteiger partial charge in [-0.2, -0.15) is 0 Å². The lowest BCUT2D eigenvalue weighted by Crippen LogP contribution is -2.40. The first kappa shape index (κ1) is 14.1. The van der Waals surface area contributed by atoms with Gasteiger partial charge in [0.1, 0.15) is 5.82 Å². The average Bonchev–Trinajstić information content (AvgIpc) is 2.68. The molecular weight excluding hydrogens is 267 g/mol. The summed E-state index contributed by atoms with van der Waals surface area (Å²) in [6, 6.07) is 4.59. The zero-order valence-corrected chi connectivity index (χ0v) is 11.9. The van der Waals surface area contributed by atoms with Crippen LogP contribution in [0.1, 0.15) is 11.6 Å². The second-order valence-corrected chi connectivity index (χ2v) is 5.31. The van der Waals surface area contributed by atoms with Gasteiger partial charge in [-0.25, -0.2) is 4.39 Å². The number of hydrogen-bond donors (Lipinski definition) is 1. The SMILES string of the molecule is CN(C)CCN1C(N)=NCC1c1ccc(Cl)cc1F. The van der Waals surface area contributed by atoms with Gasteiger partial charge in [-0.3, -0.25) is 4.99 Å². The van der Waals surface area contributed by atoms with Gasteiger partial charge in [0.2, 0.25) is 0 Å². The van der Waals surface area contributed by atoms with Crippen LogP contribution in [0.25, 0.3) is 0 Å². The summed E-state index contributed by atoms with van der Waals surface area (Å²) >= 11 is 5.78. The molecule has 1 atom stereocenters. The summed E-state index contributed by atoms with van der Waals surface area (Å²) in [4.78, 5) is 8.21. The molecule has 2 N–H and O–H groups in total. The van der Waals surface area contributed by atoms with E-state index in [1.807, 2.05) is 19.0 Å². The Balaban J connectivity index is 2.19. The fraction of sp³-hybridized carbons (Fsp3) is 0.462. The Labute approximate surface area is 117 Å². The quantitative estimate of drug-likeness (QED) is 0.915. The van der Waals surface area contributed by atoms with E-state index in [0.29, 0.717) is 23.1 Å². The maximum absolute atomic E-state index is 14.0. The van der Waals surface area contributed by atoms with Crippen molar-refractivity contribution < 1.29 is 4.39 Å². The van der Waals surface area contributed by atoms with Crippen molar-refractivity contribution in [2.45, 2.75) is 6.04 Å². The largest absolute Gasteiger partial charge is 0.370 e. The van der Waals surface area contributed by atoms with Crippen LogP contribution in [-0.4, -0.2) is 49.5 Å². The van der Waals surface area contributed by atoms with Crippen molar-refractivity contribution in [3.8, 4) is 0 Å². The molecule has 0 aliphatic carbocycles. The van der Waals surface area contributed by atoms with E-state index < -0.39 is 0 Å². The molecule has 19 heavy (non-hydrogen) atoms. The highest BCUT2D eigenvalue weighted by Gasteiger charge is 2.29. The second kappa shape index (κ2) is 5.75. The Morgan fingerprint density at radius 1 is 1.53 bits per heavy atom. The molecule has 2 rings (SSSR count). The number of hydrogen-bond acceptors (Lipinski definition) is 4. The van der Waals surface area contributed by atoms with Gasteiger partial charge in [0, 0.05) is 23.7 Å². The van der Waals surface area contributed by atoms with Crippen molar-refractivity contribution in [3.63, 3.8) is 0 Å². The third-order valence-corrected chi connectivity index (χ3v) is 3.44. The normalized spacial score (nSPS) is 19.1. The monoisotopic (exact) mass is 284 g/mol. The number of guanidine groups is 1. The van der Waals surface area contributed by atoms with Crippen LogP contribution in [-0.2, 0) is 0 Å². The molecule has 0 bridgehead atoms. The second-order valence-electron chi connectivity index (χ2n) is 4.88. The number of likely N-dealkylation sites (N-methyl/N-ethyl adjacent to an activating group) is 1. The molecule has 1 aromatic rings. The van der Waals surface area contributed by atoms with Crippen LogP contribution in [0.3, 0.4) is 0 Å². The molecule has 1 aliphatic heterocycles. The summed E-state index contributed by atoms with van der Waals surface area (Å²) < 4.78 is 14.0. The van der Waals surface area contributed by atoms with Gasteiger partial charge >= 0.3 is 0 Å². The standard InChI is InChI=1S/C13H18ClFN4/c1-18(2)5-6-19-12(8-17-13(19)16)10-4-3-9(14)7-11(10)15/h3-4,7,12H,5-6,8H2,1-2H3,(H2,16,17). The van der Waals surface area contributed by atoms with Gasteiger partial charge in [0.05, 0.1) is 12.6 Å².